The number of amides is 1. The van der Waals surface area contributed by atoms with Crippen LogP contribution in [0.25, 0.3) is 0 Å². The highest BCUT2D eigenvalue weighted by molar-refractivity contribution is 5.94. The summed E-state index contributed by atoms with van der Waals surface area (Å²) in [5.41, 5.74) is 8.35. The van der Waals surface area contributed by atoms with Gasteiger partial charge in [-0.25, -0.2) is 0 Å². The number of likely N-dealkylation sites (tertiary alicyclic amines) is 1. The number of hydrogen-bond donors (Lipinski definition) is 1. The van der Waals surface area contributed by atoms with Gasteiger partial charge in [-0.15, -0.1) is 0 Å². The summed E-state index contributed by atoms with van der Waals surface area (Å²) in [6.07, 6.45) is 2.99. The molecule has 1 saturated heterocycles. The van der Waals surface area contributed by atoms with Crippen molar-refractivity contribution in [2.45, 2.75) is 25.4 Å². The van der Waals surface area contributed by atoms with Crippen LogP contribution >= 0.6 is 0 Å². The Bertz CT molecular complexity index is 647. The molecule has 126 valence electrons. The molecule has 24 heavy (non-hydrogen) atoms. The van der Waals surface area contributed by atoms with Gasteiger partial charge >= 0.3 is 0 Å². The molecule has 1 aliphatic heterocycles. The van der Waals surface area contributed by atoms with Crippen LogP contribution in [0.2, 0.25) is 0 Å². The van der Waals surface area contributed by atoms with E-state index in [1.54, 1.807) is 24.3 Å². The minimum Gasteiger partial charge on any atom is -0.399 e. The summed E-state index contributed by atoms with van der Waals surface area (Å²) in [5, 5.41) is 0. The number of nitrogens with zero attached hydrogens (tertiary/aromatic N) is 1. The maximum absolute atomic E-state index is 12.5. The number of carbonyl (C=O) groups excluding carboxylic acids is 1. The summed E-state index contributed by atoms with van der Waals surface area (Å²) in [7, 11) is 0. The molecule has 0 radical (unpaired) electrons. The molecule has 1 heterocycles. The lowest BCUT2D eigenvalue weighted by molar-refractivity contribution is 0.0100. The average Bonchev–Trinajstić information content (AvgIpc) is 2.63. The highest BCUT2D eigenvalue weighted by Crippen LogP contribution is 2.17. The Kier molecular flexibility index (Phi) is 5.49. The Balaban J connectivity index is 1.42. The lowest BCUT2D eigenvalue weighted by atomic mass is 10.1. The van der Waals surface area contributed by atoms with Gasteiger partial charge in [0.15, 0.2) is 0 Å². The third-order valence-corrected chi connectivity index (χ3v) is 4.47. The van der Waals surface area contributed by atoms with Gasteiger partial charge in [-0.3, -0.25) is 4.79 Å². The van der Waals surface area contributed by atoms with E-state index in [1.807, 2.05) is 11.0 Å². The third-order valence-electron chi connectivity index (χ3n) is 4.47. The molecule has 4 heteroatoms. The Morgan fingerprint density at radius 2 is 1.71 bits per heavy atom. The van der Waals surface area contributed by atoms with Gasteiger partial charge < -0.3 is 15.4 Å². The maximum atomic E-state index is 12.5. The van der Waals surface area contributed by atoms with Crippen molar-refractivity contribution in [3.63, 3.8) is 0 Å². The van der Waals surface area contributed by atoms with Gasteiger partial charge in [0.1, 0.15) is 0 Å². The van der Waals surface area contributed by atoms with E-state index < -0.39 is 0 Å². The molecule has 2 aromatic rings. The van der Waals surface area contributed by atoms with Gasteiger partial charge in [0, 0.05) is 24.3 Å². The first-order chi connectivity index (χ1) is 11.7. The van der Waals surface area contributed by atoms with Crippen LogP contribution in [0.4, 0.5) is 5.69 Å². The normalized spacial score (nSPS) is 15.4. The summed E-state index contributed by atoms with van der Waals surface area (Å²) in [6.45, 7) is 2.24. The van der Waals surface area contributed by atoms with Gasteiger partial charge in [0.2, 0.25) is 0 Å². The smallest absolute Gasteiger partial charge is 0.253 e. The predicted octanol–water partition coefficient (Wildman–Crippen LogP) is 3.13. The zero-order valence-electron chi connectivity index (χ0n) is 13.9. The molecular weight excluding hydrogens is 300 g/mol. The number of hydrogen-bond acceptors (Lipinski definition) is 3. The first-order valence-corrected chi connectivity index (χ1v) is 8.53. The number of nitrogens with two attached hydrogens (primary N) is 1. The van der Waals surface area contributed by atoms with Gasteiger partial charge in [-0.1, -0.05) is 30.3 Å². The molecule has 1 amide bonds. The first kappa shape index (κ1) is 16.5. The van der Waals surface area contributed by atoms with Crippen LogP contribution in [0.3, 0.4) is 0 Å². The number of benzene rings is 2. The molecule has 3 rings (SSSR count). The molecule has 1 aliphatic rings. The molecule has 0 aliphatic carbocycles. The van der Waals surface area contributed by atoms with Crippen LogP contribution < -0.4 is 5.73 Å². The van der Waals surface area contributed by atoms with E-state index >= 15 is 0 Å². The fourth-order valence-electron chi connectivity index (χ4n) is 3.02. The van der Waals surface area contributed by atoms with E-state index in [4.69, 9.17) is 10.5 Å². The minimum atomic E-state index is 0.0812. The highest BCUT2D eigenvalue weighted by Gasteiger charge is 2.23. The Morgan fingerprint density at radius 1 is 1.04 bits per heavy atom. The number of ether oxygens (including phenoxy) is 1. The second-order valence-electron chi connectivity index (χ2n) is 6.22. The van der Waals surface area contributed by atoms with E-state index in [-0.39, 0.29) is 12.0 Å². The fourth-order valence-corrected chi connectivity index (χ4v) is 3.02. The zero-order chi connectivity index (χ0) is 16.8. The Hall–Kier alpha value is -2.33. The summed E-state index contributed by atoms with van der Waals surface area (Å²) in [5.74, 6) is 0.0812. The van der Waals surface area contributed by atoms with Crippen molar-refractivity contribution in [3.05, 3.63) is 65.7 Å². The quantitative estimate of drug-likeness (QED) is 0.860. The monoisotopic (exact) mass is 324 g/mol. The maximum Gasteiger partial charge on any atom is 0.253 e. The Morgan fingerprint density at radius 3 is 2.38 bits per heavy atom. The topological polar surface area (TPSA) is 55.6 Å². The van der Waals surface area contributed by atoms with Gasteiger partial charge in [0.25, 0.3) is 5.91 Å². The number of anilines is 1. The summed E-state index contributed by atoms with van der Waals surface area (Å²) < 4.78 is 5.98. The molecule has 2 N–H and O–H groups in total. The minimum absolute atomic E-state index is 0.0812. The van der Waals surface area contributed by atoms with E-state index in [2.05, 4.69) is 24.3 Å². The summed E-state index contributed by atoms with van der Waals surface area (Å²) >= 11 is 0. The van der Waals surface area contributed by atoms with Crippen molar-refractivity contribution in [2.75, 3.05) is 25.4 Å². The van der Waals surface area contributed by atoms with Crippen molar-refractivity contribution < 1.29 is 9.53 Å². The second-order valence-corrected chi connectivity index (χ2v) is 6.22. The summed E-state index contributed by atoms with van der Waals surface area (Å²) in [4.78, 5) is 14.4. The summed E-state index contributed by atoms with van der Waals surface area (Å²) in [6, 6.07) is 17.5. The van der Waals surface area contributed by atoms with Crippen molar-refractivity contribution >= 4 is 11.6 Å². The highest BCUT2D eigenvalue weighted by atomic mass is 16.5. The number of piperidine rings is 1. The molecule has 0 atom stereocenters. The van der Waals surface area contributed by atoms with Crippen LogP contribution in [0.1, 0.15) is 28.8 Å². The predicted molar refractivity (Wildman–Crippen MR) is 95.9 cm³/mol. The first-order valence-electron chi connectivity index (χ1n) is 8.53. The molecule has 1 fully saturated rings. The van der Waals surface area contributed by atoms with Crippen LogP contribution in [0.5, 0.6) is 0 Å². The van der Waals surface area contributed by atoms with Crippen molar-refractivity contribution in [3.8, 4) is 0 Å². The van der Waals surface area contributed by atoms with Gasteiger partial charge in [-0.2, -0.15) is 0 Å². The lowest BCUT2D eigenvalue weighted by Crippen LogP contribution is -2.41. The third kappa shape index (κ3) is 4.36. The van der Waals surface area contributed by atoms with E-state index in [0.717, 1.165) is 39.0 Å². The molecule has 0 saturated carbocycles. The largest absolute Gasteiger partial charge is 0.399 e. The second kappa shape index (κ2) is 7.97. The fraction of sp³-hybridized carbons (Fsp3) is 0.350. The van der Waals surface area contributed by atoms with Crippen molar-refractivity contribution in [1.29, 1.82) is 0 Å². The van der Waals surface area contributed by atoms with Crippen LogP contribution in [0, 0.1) is 0 Å². The molecule has 4 nitrogen and oxygen atoms in total. The van der Waals surface area contributed by atoms with Crippen molar-refractivity contribution in [1.82, 2.24) is 4.90 Å². The molecule has 0 bridgehead atoms. The standard InChI is InChI=1S/C20H24N2O2/c21-18-8-6-17(7-9-18)20(23)22-13-10-19(11-14-22)24-15-12-16-4-2-1-3-5-16/h1-9,19H,10-15,21H2. The van der Waals surface area contributed by atoms with Crippen LogP contribution in [-0.4, -0.2) is 36.6 Å². The van der Waals surface area contributed by atoms with E-state index in [1.165, 1.54) is 5.56 Å². The average molecular weight is 324 g/mol. The van der Waals surface area contributed by atoms with Crippen LogP contribution in [0.15, 0.2) is 54.6 Å². The molecular formula is C20H24N2O2. The molecule has 0 aromatic heterocycles. The Labute approximate surface area is 143 Å². The molecule has 0 unspecified atom stereocenters. The van der Waals surface area contributed by atoms with E-state index in [0.29, 0.717) is 11.3 Å². The van der Waals surface area contributed by atoms with Gasteiger partial charge in [0.05, 0.1) is 12.7 Å². The number of rotatable bonds is 5. The van der Waals surface area contributed by atoms with Crippen LogP contribution in [-0.2, 0) is 11.2 Å². The molecule has 2 aromatic carbocycles. The zero-order valence-corrected chi connectivity index (χ0v) is 13.9. The number of nitrogen functional groups attached to an aromatic ring is 1. The molecule has 0 spiro atoms. The van der Waals surface area contributed by atoms with E-state index in [9.17, 15) is 4.79 Å². The lowest BCUT2D eigenvalue weighted by Gasteiger charge is -2.32. The number of carbonyl (C=O) groups is 1. The van der Waals surface area contributed by atoms with Crippen molar-refractivity contribution in [2.24, 2.45) is 0 Å². The van der Waals surface area contributed by atoms with Gasteiger partial charge in [-0.05, 0) is 49.1 Å². The SMILES string of the molecule is Nc1ccc(C(=O)N2CCC(OCCc3ccccc3)CC2)cc1.